The summed E-state index contributed by atoms with van der Waals surface area (Å²) in [6, 6.07) is 13.2. The molecule has 0 bridgehead atoms. The van der Waals surface area contributed by atoms with E-state index in [2.05, 4.69) is 0 Å². The summed E-state index contributed by atoms with van der Waals surface area (Å²) in [5, 5.41) is -0.127. The zero-order valence-electron chi connectivity index (χ0n) is 16.1. The number of halogens is 1. The van der Waals surface area contributed by atoms with E-state index in [4.69, 9.17) is 21.1 Å². The highest BCUT2D eigenvalue weighted by atomic mass is 35.5. The van der Waals surface area contributed by atoms with Gasteiger partial charge < -0.3 is 9.47 Å². The molecule has 2 aromatic rings. The van der Waals surface area contributed by atoms with Gasteiger partial charge in [0.05, 0.1) is 23.4 Å². The van der Waals surface area contributed by atoms with Gasteiger partial charge in [0.15, 0.2) is 0 Å². The first-order valence-corrected chi connectivity index (χ1v) is 9.52. The number of hydrogen-bond donors (Lipinski definition) is 0. The average molecular weight is 414 g/mol. The lowest BCUT2D eigenvalue weighted by atomic mass is 10.0. The zero-order chi connectivity index (χ0) is 21.0. The third-order valence-corrected chi connectivity index (χ3v) is 4.74. The van der Waals surface area contributed by atoms with Crippen LogP contribution in [0.5, 0.6) is 0 Å². The molecule has 1 aliphatic heterocycles. The summed E-state index contributed by atoms with van der Waals surface area (Å²) in [5.74, 6) is -1.61. The number of esters is 1. The van der Waals surface area contributed by atoms with Crippen molar-refractivity contribution in [2.45, 2.75) is 13.8 Å². The van der Waals surface area contributed by atoms with Gasteiger partial charge in [0, 0.05) is 6.61 Å². The van der Waals surface area contributed by atoms with Crippen molar-refractivity contribution >= 4 is 40.6 Å². The number of ether oxygens (including phenoxy) is 2. The van der Waals surface area contributed by atoms with E-state index in [1.54, 1.807) is 12.1 Å². The van der Waals surface area contributed by atoms with Crippen molar-refractivity contribution in [2.24, 2.45) is 0 Å². The fourth-order valence-corrected chi connectivity index (χ4v) is 3.15. The molecule has 6 nitrogen and oxygen atoms in total. The molecule has 0 N–H and O–H groups in total. The minimum atomic E-state index is -0.598. The van der Waals surface area contributed by atoms with Crippen LogP contribution in [0.25, 0.3) is 5.57 Å². The molecule has 0 saturated carbocycles. The van der Waals surface area contributed by atoms with E-state index in [0.29, 0.717) is 30.0 Å². The maximum atomic E-state index is 12.9. The van der Waals surface area contributed by atoms with E-state index < -0.39 is 17.8 Å². The summed E-state index contributed by atoms with van der Waals surface area (Å²) < 4.78 is 10.2. The van der Waals surface area contributed by atoms with Crippen LogP contribution >= 0.6 is 11.6 Å². The molecule has 1 aliphatic rings. The van der Waals surface area contributed by atoms with Gasteiger partial charge in [-0.15, -0.1) is 0 Å². The third-order valence-electron chi connectivity index (χ3n) is 4.39. The molecule has 0 saturated heterocycles. The van der Waals surface area contributed by atoms with Crippen LogP contribution in [-0.4, -0.2) is 37.6 Å². The summed E-state index contributed by atoms with van der Waals surface area (Å²) in [6.07, 6.45) is 0. The molecule has 0 fully saturated rings. The predicted molar refractivity (Wildman–Crippen MR) is 110 cm³/mol. The number of aryl methyl sites for hydroxylation is 1. The molecule has 2 aromatic carbocycles. The number of rotatable bonds is 7. The van der Waals surface area contributed by atoms with Crippen molar-refractivity contribution in [1.82, 2.24) is 0 Å². The summed E-state index contributed by atoms with van der Waals surface area (Å²) in [7, 11) is 0. The number of benzene rings is 2. The smallest absolute Gasteiger partial charge is 0.338 e. The Morgan fingerprint density at radius 2 is 1.62 bits per heavy atom. The van der Waals surface area contributed by atoms with E-state index >= 15 is 0 Å². The lowest BCUT2D eigenvalue weighted by molar-refractivity contribution is -0.119. The van der Waals surface area contributed by atoms with Gasteiger partial charge in [0.2, 0.25) is 0 Å². The van der Waals surface area contributed by atoms with Gasteiger partial charge in [-0.05, 0) is 43.7 Å². The lowest BCUT2D eigenvalue weighted by Gasteiger charge is -2.15. The Balaban J connectivity index is 1.76. The zero-order valence-corrected chi connectivity index (χ0v) is 16.9. The maximum absolute atomic E-state index is 12.9. The van der Waals surface area contributed by atoms with Crippen molar-refractivity contribution in [3.63, 3.8) is 0 Å². The van der Waals surface area contributed by atoms with Gasteiger partial charge in [-0.2, -0.15) is 0 Å². The van der Waals surface area contributed by atoms with Crippen molar-refractivity contribution < 1.29 is 23.9 Å². The minimum Gasteiger partial charge on any atom is -0.460 e. The van der Waals surface area contributed by atoms with Crippen LogP contribution in [0.3, 0.4) is 0 Å². The summed E-state index contributed by atoms with van der Waals surface area (Å²) in [6.45, 7) is 4.80. The molecule has 2 amide bonds. The van der Waals surface area contributed by atoms with Gasteiger partial charge in [0.1, 0.15) is 11.6 Å². The number of nitrogens with zero attached hydrogens (tertiary/aromatic N) is 1. The van der Waals surface area contributed by atoms with Gasteiger partial charge in [-0.1, -0.05) is 41.4 Å². The molecule has 0 unspecified atom stereocenters. The average Bonchev–Trinajstić information content (AvgIpc) is 2.95. The van der Waals surface area contributed by atoms with E-state index in [1.807, 2.05) is 26.0 Å². The summed E-state index contributed by atoms with van der Waals surface area (Å²) in [4.78, 5) is 38.5. The van der Waals surface area contributed by atoms with Crippen LogP contribution in [0.1, 0.15) is 28.4 Å². The molecule has 0 aliphatic carbocycles. The summed E-state index contributed by atoms with van der Waals surface area (Å²) in [5.41, 5.74) is 2.41. The number of amides is 2. The highest BCUT2D eigenvalue weighted by Gasteiger charge is 2.39. The number of imide groups is 1. The van der Waals surface area contributed by atoms with Crippen LogP contribution in [-0.2, 0) is 19.1 Å². The van der Waals surface area contributed by atoms with E-state index in [1.165, 1.54) is 24.3 Å². The Labute approximate surface area is 173 Å². The van der Waals surface area contributed by atoms with Gasteiger partial charge in [0.25, 0.3) is 11.8 Å². The van der Waals surface area contributed by atoms with Crippen molar-refractivity contribution in [1.29, 1.82) is 0 Å². The predicted octanol–water partition coefficient (Wildman–Crippen LogP) is 3.71. The number of anilines is 1. The molecule has 29 heavy (non-hydrogen) atoms. The lowest BCUT2D eigenvalue weighted by Crippen LogP contribution is -2.31. The third kappa shape index (κ3) is 4.39. The highest BCUT2D eigenvalue weighted by Crippen LogP contribution is 2.35. The molecule has 0 aromatic heterocycles. The molecule has 150 valence electrons. The SMILES string of the molecule is CCOCCOC(=O)c1ccc(N2C(=O)C(Cl)=C(c3ccc(C)cc3)C2=O)cc1. The molecule has 1 heterocycles. The van der Waals surface area contributed by atoms with E-state index in [0.717, 1.165) is 10.5 Å². The van der Waals surface area contributed by atoms with Crippen molar-refractivity contribution in [3.8, 4) is 0 Å². The second kappa shape index (κ2) is 9.03. The Morgan fingerprint density at radius 1 is 0.966 bits per heavy atom. The molecule has 0 atom stereocenters. The summed E-state index contributed by atoms with van der Waals surface area (Å²) >= 11 is 6.19. The first-order valence-electron chi connectivity index (χ1n) is 9.14. The van der Waals surface area contributed by atoms with E-state index in [-0.39, 0.29) is 17.2 Å². The Morgan fingerprint density at radius 3 is 2.24 bits per heavy atom. The molecular weight excluding hydrogens is 394 g/mol. The fourth-order valence-electron chi connectivity index (χ4n) is 2.88. The van der Waals surface area contributed by atoms with Gasteiger partial charge >= 0.3 is 5.97 Å². The highest BCUT2D eigenvalue weighted by molar-refractivity contribution is 6.60. The number of carbonyl (C=O) groups excluding carboxylic acids is 3. The normalized spacial score (nSPS) is 14.0. The Bertz CT molecular complexity index is 964. The van der Waals surface area contributed by atoms with Crippen molar-refractivity contribution in [3.05, 3.63) is 70.3 Å². The van der Waals surface area contributed by atoms with Crippen LogP contribution in [0.15, 0.2) is 53.6 Å². The monoisotopic (exact) mass is 413 g/mol. The van der Waals surface area contributed by atoms with Crippen LogP contribution < -0.4 is 4.90 Å². The molecule has 7 heteroatoms. The largest absolute Gasteiger partial charge is 0.460 e. The van der Waals surface area contributed by atoms with Gasteiger partial charge in [-0.3, -0.25) is 9.59 Å². The van der Waals surface area contributed by atoms with Crippen LogP contribution in [0.4, 0.5) is 5.69 Å². The second-order valence-corrected chi connectivity index (χ2v) is 6.76. The molecular formula is C22H20ClNO5. The number of carbonyl (C=O) groups is 3. The Hall–Kier alpha value is -2.96. The van der Waals surface area contributed by atoms with Crippen molar-refractivity contribution in [2.75, 3.05) is 24.7 Å². The maximum Gasteiger partial charge on any atom is 0.338 e. The second-order valence-electron chi connectivity index (χ2n) is 6.38. The quantitative estimate of drug-likeness (QED) is 0.393. The van der Waals surface area contributed by atoms with Crippen LogP contribution in [0, 0.1) is 6.92 Å². The topological polar surface area (TPSA) is 72.9 Å². The van der Waals surface area contributed by atoms with E-state index in [9.17, 15) is 14.4 Å². The molecule has 3 rings (SSSR count). The fraction of sp³-hybridized carbons (Fsp3) is 0.227. The van der Waals surface area contributed by atoms with Gasteiger partial charge in [-0.25, -0.2) is 9.69 Å². The Kier molecular flexibility index (Phi) is 6.46. The molecule has 0 radical (unpaired) electrons. The standard InChI is InChI=1S/C22H20ClNO5/c1-3-28-12-13-29-22(27)16-8-10-17(11-9-16)24-20(25)18(19(23)21(24)26)15-6-4-14(2)5-7-15/h4-11H,3,12-13H2,1-2H3. The minimum absolute atomic E-state index is 0.127. The number of hydrogen-bond acceptors (Lipinski definition) is 5. The first kappa shape index (κ1) is 20.8. The first-order chi connectivity index (χ1) is 13.9. The molecule has 0 spiro atoms. The van der Waals surface area contributed by atoms with Crippen LogP contribution in [0.2, 0.25) is 0 Å².